The Morgan fingerprint density at radius 3 is 2.32 bits per heavy atom. The minimum Gasteiger partial charge on any atom is -0.273 e. The van der Waals surface area contributed by atoms with E-state index in [0.717, 1.165) is 34.2 Å². The first kappa shape index (κ1) is 19.3. The van der Waals surface area contributed by atoms with Crippen LogP contribution in [0.3, 0.4) is 0 Å². The molecule has 1 fully saturated rings. The van der Waals surface area contributed by atoms with Crippen molar-refractivity contribution in [2.75, 3.05) is 4.90 Å². The highest BCUT2D eigenvalue weighted by Crippen LogP contribution is 2.30. The Balaban J connectivity index is 2.03. The van der Waals surface area contributed by atoms with E-state index in [0.29, 0.717) is 0 Å². The van der Waals surface area contributed by atoms with E-state index in [2.05, 4.69) is 0 Å². The smallest absolute Gasteiger partial charge is 0.273 e. The van der Waals surface area contributed by atoms with Crippen LogP contribution in [-0.2, 0) is 15.8 Å². The van der Waals surface area contributed by atoms with E-state index in [4.69, 9.17) is 0 Å². The monoisotopic (exact) mass is 388 g/mol. The number of halogens is 3. The maximum Gasteiger partial charge on any atom is 0.416 e. The fourth-order valence-electron chi connectivity index (χ4n) is 2.73. The Bertz CT molecular complexity index is 1030. The molecule has 0 unspecified atom stereocenters. The molecule has 0 radical (unpaired) electrons. The SMILES string of the molecule is Cc1ccc(N2C(=O)NC(=O)/C(=C\c3cccc(C(F)(F)F)c3)C2=O)cc1C. The molecule has 144 valence electrons. The predicted molar refractivity (Wildman–Crippen MR) is 96.4 cm³/mol. The Morgan fingerprint density at radius 2 is 1.68 bits per heavy atom. The molecule has 0 saturated carbocycles. The molecular formula is C20H15F3N2O3. The number of imide groups is 2. The number of alkyl halides is 3. The molecule has 28 heavy (non-hydrogen) atoms. The van der Waals surface area contributed by atoms with E-state index in [1.807, 2.05) is 12.2 Å². The zero-order valence-corrected chi connectivity index (χ0v) is 14.9. The molecule has 3 rings (SSSR count). The highest BCUT2D eigenvalue weighted by atomic mass is 19.4. The van der Waals surface area contributed by atoms with Crippen LogP contribution in [0.2, 0.25) is 0 Å². The molecule has 1 saturated heterocycles. The Labute approximate surface area is 158 Å². The van der Waals surface area contributed by atoms with Gasteiger partial charge in [0.1, 0.15) is 5.57 Å². The van der Waals surface area contributed by atoms with Gasteiger partial charge in [-0.1, -0.05) is 18.2 Å². The fraction of sp³-hybridized carbons (Fsp3) is 0.150. The molecular weight excluding hydrogens is 373 g/mol. The van der Waals surface area contributed by atoms with Gasteiger partial charge in [-0.25, -0.2) is 9.69 Å². The molecule has 0 aliphatic carbocycles. The van der Waals surface area contributed by atoms with Gasteiger partial charge >= 0.3 is 12.2 Å². The summed E-state index contributed by atoms with van der Waals surface area (Å²) >= 11 is 0. The zero-order valence-electron chi connectivity index (χ0n) is 14.9. The summed E-state index contributed by atoms with van der Waals surface area (Å²) in [6, 6.07) is 8.19. The van der Waals surface area contributed by atoms with Crippen molar-refractivity contribution in [3.8, 4) is 0 Å². The fourth-order valence-corrected chi connectivity index (χ4v) is 2.73. The summed E-state index contributed by atoms with van der Waals surface area (Å²) in [4.78, 5) is 37.9. The first-order chi connectivity index (χ1) is 13.1. The largest absolute Gasteiger partial charge is 0.416 e. The van der Waals surface area contributed by atoms with Crippen molar-refractivity contribution < 1.29 is 27.6 Å². The number of carbonyl (C=O) groups is 3. The topological polar surface area (TPSA) is 66.5 Å². The molecule has 2 aromatic rings. The highest BCUT2D eigenvalue weighted by molar-refractivity contribution is 6.39. The number of aryl methyl sites for hydroxylation is 2. The molecule has 4 amide bonds. The first-order valence-corrected chi connectivity index (χ1v) is 8.24. The van der Waals surface area contributed by atoms with E-state index in [-0.39, 0.29) is 11.3 Å². The Hall–Kier alpha value is -3.42. The maximum absolute atomic E-state index is 12.9. The number of hydrogen-bond acceptors (Lipinski definition) is 3. The quantitative estimate of drug-likeness (QED) is 0.625. The zero-order chi connectivity index (χ0) is 20.6. The molecule has 2 aromatic carbocycles. The van der Waals surface area contributed by atoms with E-state index in [9.17, 15) is 27.6 Å². The van der Waals surface area contributed by atoms with Crippen LogP contribution in [0.1, 0.15) is 22.3 Å². The second-order valence-corrected chi connectivity index (χ2v) is 6.35. The van der Waals surface area contributed by atoms with Gasteiger partial charge in [0.05, 0.1) is 11.3 Å². The van der Waals surface area contributed by atoms with E-state index < -0.39 is 35.2 Å². The Morgan fingerprint density at radius 1 is 0.964 bits per heavy atom. The molecule has 1 aliphatic rings. The van der Waals surface area contributed by atoms with Crippen molar-refractivity contribution in [3.05, 3.63) is 70.3 Å². The number of benzene rings is 2. The second-order valence-electron chi connectivity index (χ2n) is 6.35. The third kappa shape index (κ3) is 3.66. The van der Waals surface area contributed by atoms with Crippen LogP contribution in [0.25, 0.3) is 6.08 Å². The average Bonchev–Trinajstić information content (AvgIpc) is 2.61. The van der Waals surface area contributed by atoms with Crippen LogP contribution in [0.4, 0.5) is 23.7 Å². The highest BCUT2D eigenvalue weighted by Gasteiger charge is 2.37. The lowest BCUT2D eigenvalue weighted by atomic mass is 10.0. The summed E-state index contributed by atoms with van der Waals surface area (Å²) in [5.74, 6) is -1.87. The molecule has 1 N–H and O–H groups in total. The van der Waals surface area contributed by atoms with Gasteiger partial charge in [-0.2, -0.15) is 13.2 Å². The molecule has 0 bridgehead atoms. The van der Waals surface area contributed by atoms with Crippen molar-refractivity contribution in [3.63, 3.8) is 0 Å². The summed E-state index contributed by atoms with van der Waals surface area (Å²) in [7, 11) is 0. The van der Waals surface area contributed by atoms with Gasteiger partial charge < -0.3 is 0 Å². The van der Waals surface area contributed by atoms with Crippen LogP contribution >= 0.6 is 0 Å². The number of barbiturate groups is 1. The van der Waals surface area contributed by atoms with Crippen molar-refractivity contribution in [2.24, 2.45) is 0 Å². The number of nitrogens with zero attached hydrogens (tertiary/aromatic N) is 1. The van der Waals surface area contributed by atoms with Crippen molar-refractivity contribution >= 4 is 29.6 Å². The molecule has 1 aliphatic heterocycles. The molecule has 8 heteroatoms. The van der Waals surface area contributed by atoms with Gasteiger partial charge in [-0.05, 0) is 60.9 Å². The summed E-state index contributed by atoms with van der Waals surface area (Å²) in [5.41, 5.74) is 0.711. The normalized spacial score (nSPS) is 16.5. The third-order valence-corrected chi connectivity index (χ3v) is 4.38. The summed E-state index contributed by atoms with van der Waals surface area (Å²) in [5, 5.41) is 2.04. The lowest BCUT2D eigenvalue weighted by Gasteiger charge is -2.26. The summed E-state index contributed by atoms with van der Waals surface area (Å²) in [6.45, 7) is 3.66. The minimum atomic E-state index is -4.56. The number of amides is 4. The molecule has 0 spiro atoms. The van der Waals surface area contributed by atoms with Crippen LogP contribution in [0.5, 0.6) is 0 Å². The van der Waals surface area contributed by atoms with Crippen molar-refractivity contribution in [1.82, 2.24) is 5.32 Å². The molecule has 5 nitrogen and oxygen atoms in total. The third-order valence-electron chi connectivity index (χ3n) is 4.38. The number of carbonyl (C=O) groups excluding carboxylic acids is 3. The van der Waals surface area contributed by atoms with E-state index in [1.165, 1.54) is 12.1 Å². The molecule has 0 atom stereocenters. The van der Waals surface area contributed by atoms with Crippen LogP contribution in [0, 0.1) is 13.8 Å². The van der Waals surface area contributed by atoms with Gasteiger partial charge in [0, 0.05) is 0 Å². The number of hydrogen-bond donors (Lipinski definition) is 1. The van der Waals surface area contributed by atoms with E-state index >= 15 is 0 Å². The van der Waals surface area contributed by atoms with Crippen molar-refractivity contribution in [2.45, 2.75) is 20.0 Å². The number of rotatable bonds is 2. The van der Waals surface area contributed by atoms with Gasteiger partial charge in [0.2, 0.25) is 0 Å². The lowest BCUT2D eigenvalue weighted by molar-refractivity contribution is -0.137. The van der Waals surface area contributed by atoms with Gasteiger partial charge in [0.15, 0.2) is 0 Å². The molecule has 1 heterocycles. The van der Waals surface area contributed by atoms with Crippen LogP contribution < -0.4 is 10.2 Å². The Kier molecular flexibility index (Phi) is 4.80. The average molecular weight is 388 g/mol. The minimum absolute atomic E-state index is 0.0164. The summed E-state index contributed by atoms with van der Waals surface area (Å²) in [6.07, 6.45) is -3.53. The van der Waals surface area contributed by atoms with Crippen molar-refractivity contribution in [1.29, 1.82) is 0 Å². The van der Waals surface area contributed by atoms with Gasteiger partial charge in [-0.3, -0.25) is 14.9 Å². The van der Waals surface area contributed by atoms with Gasteiger partial charge in [0.25, 0.3) is 11.8 Å². The maximum atomic E-state index is 12.9. The lowest BCUT2D eigenvalue weighted by Crippen LogP contribution is -2.54. The number of urea groups is 1. The predicted octanol–water partition coefficient (Wildman–Crippen LogP) is 3.99. The van der Waals surface area contributed by atoms with Crippen LogP contribution in [0.15, 0.2) is 48.0 Å². The molecule has 0 aromatic heterocycles. The standard InChI is InChI=1S/C20H15F3N2O3/c1-11-6-7-15(8-12(11)2)25-18(27)16(17(26)24-19(25)28)10-13-4-3-5-14(9-13)20(21,22)23/h3-10H,1-2H3,(H,24,26,28)/b16-10+. The van der Waals surface area contributed by atoms with E-state index in [1.54, 1.807) is 25.1 Å². The van der Waals surface area contributed by atoms with Crippen LogP contribution in [-0.4, -0.2) is 17.8 Å². The first-order valence-electron chi connectivity index (χ1n) is 8.24. The second kappa shape index (κ2) is 6.95. The van der Waals surface area contributed by atoms with Gasteiger partial charge in [-0.15, -0.1) is 0 Å². The summed E-state index contributed by atoms with van der Waals surface area (Å²) < 4.78 is 38.7. The number of nitrogens with one attached hydrogen (secondary N) is 1. The number of anilines is 1.